The van der Waals surface area contributed by atoms with Gasteiger partial charge in [0.25, 0.3) is 5.56 Å². The summed E-state index contributed by atoms with van der Waals surface area (Å²) in [6.45, 7) is 2.63. The number of esters is 1. The molecule has 0 amide bonds. The van der Waals surface area contributed by atoms with E-state index >= 15 is 0 Å². The van der Waals surface area contributed by atoms with E-state index in [1.807, 2.05) is 0 Å². The van der Waals surface area contributed by atoms with Gasteiger partial charge in [0, 0.05) is 0 Å². The molecule has 1 fully saturated rings. The molecule has 1 saturated heterocycles. The normalized spacial score (nSPS) is 25.5. The van der Waals surface area contributed by atoms with Gasteiger partial charge in [0.2, 0.25) is 5.95 Å². The molecule has 3 heterocycles. The third kappa shape index (κ3) is 6.30. The fraction of sp³-hybridized carbons (Fsp3) is 0.478. The van der Waals surface area contributed by atoms with Crippen LogP contribution in [0.2, 0.25) is 0 Å². The van der Waals surface area contributed by atoms with Crippen molar-refractivity contribution in [2.45, 2.75) is 63.9 Å². The lowest BCUT2D eigenvalue weighted by Crippen LogP contribution is -2.44. The summed E-state index contributed by atoms with van der Waals surface area (Å²) in [5, 5.41) is 25.1. The van der Waals surface area contributed by atoms with Gasteiger partial charge < -0.3 is 34.5 Å². The molecule has 4 rings (SSSR count). The molecule has 0 aliphatic carbocycles. The highest BCUT2D eigenvalue weighted by molar-refractivity contribution is 8.09. The second-order valence-electron chi connectivity index (χ2n) is 9.51. The largest absolute Gasteiger partial charge is 0.462 e. The zero-order valence-corrected chi connectivity index (χ0v) is 23.4. The summed E-state index contributed by atoms with van der Waals surface area (Å²) in [5.74, 6) is -0.301. The van der Waals surface area contributed by atoms with E-state index in [4.69, 9.17) is 36.1 Å². The minimum absolute atomic E-state index is 0.0176. The molecule has 0 spiro atoms. The molecule has 0 saturated carbocycles. The first-order valence-corrected chi connectivity index (χ1v) is 14.7. The van der Waals surface area contributed by atoms with Crippen LogP contribution in [0.25, 0.3) is 11.2 Å². The molecule has 0 radical (unpaired) electrons. The fourth-order valence-electron chi connectivity index (χ4n) is 4.00. The number of hydrogen-bond donors (Lipinski definition) is 5. The number of benzene rings is 1. The Kier molecular flexibility index (Phi) is 8.42. The number of para-hydroxylation sites is 1. The zero-order valence-electron chi connectivity index (χ0n) is 21.7. The molecule has 6 N–H and O–H groups in total. The number of aliphatic hydroxyl groups is 2. The summed E-state index contributed by atoms with van der Waals surface area (Å²) < 4.78 is 24.5. The molecular weight excluding hydrogens is 551 g/mol. The molecule has 1 aliphatic rings. The number of nitrogen functional groups attached to an aromatic ring is 1. The Morgan fingerprint density at radius 3 is 2.72 bits per heavy atom. The van der Waals surface area contributed by atoms with E-state index in [1.54, 1.807) is 51.1 Å². The molecule has 2 aromatic heterocycles. The third-order valence-electron chi connectivity index (χ3n) is 5.89. The van der Waals surface area contributed by atoms with Crippen molar-refractivity contribution in [3.8, 4) is 5.75 Å². The molecule has 16 heteroatoms. The zero-order chi connectivity index (χ0) is 28.5. The number of imidazole rings is 1. The van der Waals surface area contributed by atoms with Crippen LogP contribution in [-0.2, 0) is 30.6 Å². The summed E-state index contributed by atoms with van der Waals surface area (Å²) in [6, 6.07) is 7.77. The summed E-state index contributed by atoms with van der Waals surface area (Å²) in [7, 11) is 0. The SMILES string of the molecule is CC(C)OC(=O)C(C)NP(=S)(OC[C@H]1O[C@@H](n2cnc3c(=O)[nH]c(N)nc32)[C@](C)(O)[C@@H]1O)Oc1ccccc1. The smallest absolute Gasteiger partial charge is 0.323 e. The number of fused-ring (bicyclic) bond motifs is 1. The van der Waals surface area contributed by atoms with Gasteiger partial charge >= 0.3 is 12.6 Å². The van der Waals surface area contributed by atoms with Gasteiger partial charge in [-0.3, -0.25) is 19.1 Å². The van der Waals surface area contributed by atoms with E-state index in [9.17, 15) is 19.8 Å². The van der Waals surface area contributed by atoms with Crippen LogP contribution in [0.1, 0.15) is 33.9 Å². The summed E-state index contributed by atoms with van der Waals surface area (Å²) in [5.41, 5.74) is 3.30. The first-order valence-electron chi connectivity index (χ1n) is 12.1. The predicted molar refractivity (Wildman–Crippen MR) is 144 cm³/mol. The lowest BCUT2D eigenvalue weighted by molar-refractivity contribution is -0.149. The van der Waals surface area contributed by atoms with E-state index in [2.05, 4.69) is 20.0 Å². The van der Waals surface area contributed by atoms with Crippen molar-refractivity contribution in [1.29, 1.82) is 0 Å². The maximum absolute atomic E-state index is 12.4. The first-order chi connectivity index (χ1) is 18.3. The van der Waals surface area contributed by atoms with Crippen molar-refractivity contribution < 1.29 is 33.5 Å². The Balaban J connectivity index is 1.56. The van der Waals surface area contributed by atoms with Gasteiger partial charge in [-0.15, -0.1) is 0 Å². The van der Waals surface area contributed by atoms with E-state index in [-0.39, 0.29) is 29.8 Å². The molecule has 1 aromatic carbocycles. The van der Waals surface area contributed by atoms with Crippen LogP contribution in [0.3, 0.4) is 0 Å². The van der Waals surface area contributed by atoms with Gasteiger partial charge in [0.1, 0.15) is 29.6 Å². The Morgan fingerprint density at radius 2 is 2.05 bits per heavy atom. The van der Waals surface area contributed by atoms with Crippen molar-refractivity contribution in [3.63, 3.8) is 0 Å². The Bertz CT molecular complexity index is 1430. The Hall–Kier alpha value is -2.91. The van der Waals surface area contributed by atoms with Gasteiger partial charge in [-0.05, 0) is 51.6 Å². The Labute approximate surface area is 228 Å². The number of rotatable bonds is 10. The van der Waals surface area contributed by atoms with E-state index in [0.717, 1.165) is 0 Å². The number of nitrogens with one attached hydrogen (secondary N) is 2. The number of aliphatic hydroxyl groups excluding tert-OH is 1. The second kappa shape index (κ2) is 11.3. The molecular formula is C23H31N6O8PS. The van der Waals surface area contributed by atoms with Crippen LogP contribution in [0.15, 0.2) is 41.5 Å². The standard InChI is InChI=1S/C23H31N6O8PS/c1-12(2)35-20(32)13(3)28-38(39,37-14-8-6-5-7-9-14)34-10-15-17(30)23(4,33)21(36-15)29-11-25-16-18(29)26-22(24)27-19(16)31/h5-9,11-13,15,17,21,30,33H,10H2,1-4H3,(H,28,39)(H3,24,26,27,31)/t13?,15-,17-,21-,23-,38?/m1/s1. The second-order valence-corrected chi connectivity index (χ2v) is 12.6. The van der Waals surface area contributed by atoms with Gasteiger partial charge in [-0.2, -0.15) is 4.98 Å². The highest BCUT2D eigenvalue weighted by atomic mass is 32.5. The maximum Gasteiger partial charge on any atom is 0.323 e. The fourth-order valence-corrected chi connectivity index (χ4v) is 6.42. The van der Waals surface area contributed by atoms with Gasteiger partial charge in [-0.1, -0.05) is 18.2 Å². The van der Waals surface area contributed by atoms with Gasteiger partial charge in [-0.25, -0.2) is 10.1 Å². The molecule has 6 atom stereocenters. The molecule has 39 heavy (non-hydrogen) atoms. The van der Waals surface area contributed by atoms with E-state index < -0.39 is 48.2 Å². The van der Waals surface area contributed by atoms with Crippen LogP contribution in [0, 0.1) is 0 Å². The van der Waals surface area contributed by atoms with Crippen molar-refractivity contribution in [3.05, 3.63) is 47.0 Å². The summed E-state index contributed by atoms with van der Waals surface area (Å²) >= 11 is 5.70. The highest BCUT2D eigenvalue weighted by Crippen LogP contribution is 2.47. The van der Waals surface area contributed by atoms with Crippen LogP contribution in [0.4, 0.5) is 5.95 Å². The van der Waals surface area contributed by atoms with Gasteiger partial charge in [0.15, 0.2) is 17.4 Å². The minimum atomic E-state index is -3.43. The number of nitrogens with two attached hydrogens (primary N) is 1. The first kappa shape index (κ1) is 29.1. The Morgan fingerprint density at radius 1 is 1.36 bits per heavy atom. The summed E-state index contributed by atoms with van der Waals surface area (Å²) in [6.07, 6.45) is -2.84. The average Bonchev–Trinajstić information content (AvgIpc) is 3.36. The molecule has 3 aromatic rings. The molecule has 1 aliphatic heterocycles. The minimum Gasteiger partial charge on any atom is -0.462 e. The maximum atomic E-state index is 12.4. The monoisotopic (exact) mass is 582 g/mol. The van der Waals surface area contributed by atoms with Gasteiger partial charge in [0.05, 0.1) is 19.0 Å². The molecule has 14 nitrogen and oxygen atoms in total. The van der Waals surface area contributed by atoms with E-state index in [0.29, 0.717) is 5.75 Å². The quantitative estimate of drug-likeness (QED) is 0.168. The lowest BCUT2D eigenvalue weighted by atomic mass is 9.96. The topological polar surface area (TPSA) is 196 Å². The van der Waals surface area contributed by atoms with E-state index in [1.165, 1.54) is 17.8 Å². The summed E-state index contributed by atoms with van der Waals surface area (Å²) in [4.78, 5) is 35.1. The lowest BCUT2D eigenvalue weighted by Gasteiger charge is -2.28. The number of aromatic amines is 1. The van der Waals surface area contributed by atoms with Crippen LogP contribution in [0.5, 0.6) is 5.75 Å². The highest BCUT2D eigenvalue weighted by Gasteiger charge is 2.54. The number of nitrogens with zero attached hydrogens (tertiary/aromatic N) is 3. The number of anilines is 1. The average molecular weight is 583 g/mol. The number of hydrogen-bond acceptors (Lipinski definition) is 12. The number of ether oxygens (including phenoxy) is 2. The number of H-pyrrole nitrogens is 1. The van der Waals surface area contributed by atoms with Crippen molar-refractivity contribution in [2.24, 2.45) is 0 Å². The predicted octanol–water partition coefficient (Wildman–Crippen LogP) is 0.961. The van der Waals surface area contributed by atoms with Crippen molar-refractivity contribution in [2.75, 3.05) is 12.3 Å². The number of aromatic nitrogens is 4. The molecule has 0 bridgehead atoms. The number of carbonyl (C=O) groups is 1. The molecule has 212 valence electrons. The number of carbonyl (C=O) groups excluding carboxylic acids is 1. The van der Waals surface area contributed by atoms with Crippen molar-refractivity contribution >= 4 is 41.5 Å². The van der Waals surface area contributed by atoms with Crippen LogP contribution < -0.4 is 20.9 Å². The molecule has 2 unspecified atom stereocenters. The van der Waals surface area contributed by atoms with Crippen LogP contribution >= 0.6 is 6.64 Å². The van der Waals surface area contributed by atoms with Crippen molar-refractivity contribution in [1.82, 2.24) is 24.6 Å². The van der Waals surface area contributed by atoms with Crippen LogP contribution in [-0.4, -0.2) is 72.3 Å². The third-order valence-corrected chi connectivity index (χ3v) is 8.39.